The van der Waals surface area contributed by atoms with Crippen molar-refractivity contribution < 1.29 is 9.64 Å². The largest absolute Gasteiger partial charge is 0.434 e. The highest BCUT2D eigenvalue weighted by molar-refractivity contribution is 5.47. The molecule has 0 aliphatic carbocycles. The summed E-state index contributed by atoms with van der Waals surface area (Å²) in [5.41, 5.74) is 4.26. The van der Waals surface area contributed by atoms with Gasteiger partial charge in [0.05, 0.1) is 13.2 Å². The zero-order valence-electron chi connectivity index (χ0n) is 9.88. The van der Waals surface area contributed by atoms with E-state index in [0.717, 1.165) is 32.7 Å². The lowest BCUT2D eigenvalue weighted by Gasteiger charge is -2.14. The second-order valence-corrected chi connectivity index (χ2v) is 4.22. The first kappa shape index (κ1) is 11.6. The SMILES string of the molecule is [CH2-][NH+]1CCc2c(CNCCOC)cccc21. The number of rotatable bonds is 5. The molecule has 3 nitrogen and oxygen atoms in total. The van der Waals surface area contributed by atoms with E-state index in [-0.39, 0.29) is 0 Å². The maximum absolute atomic E-state index is 5.01. The van der Waals surface area contributed by atoms with Gasteiger partial charge in [0.1, 0.15) is 5.69 Å². The summed E-state index contributed by atoms with van der Waals surface area (Å²) >= 11 is 0. The van der Waals surface area contributed by atoms with E-state index in [1.54, 1.807) is 7.11 Å². The number of hydrogen-bond acceptors (Lipinski definition) is 2. The topological polar surface area (TPSA) is 25.7 Å². The summed E-state index contributed by atoms with van der Waals surface area (Å²) in [7, 11) is 5.83. The summed E-state index contributed by atoms with van der Waals surface area (Å²) in [5.74, 6) is 0. The molecule has 0 spiro atoms. The van der Waals surface area contributed by atoms with Crippen LogP contribution in [0.1, 0.15) is 11.1 Å². The van der Waals surface area contributed by atoms with Crippen molar-refractivity contribution in [1.82, 2.24) is 5.32 Å². The van der Waals surface area contributed by atoms with Crippen molar-refractivity contribution in [2.45, 2.75) is 13.0 Å². The number of benzene rings is 1. The van der Waals surface area contributed by atoms with Gasteiger partial charge in [0.2, 0.25) is 0 Å². The van der Waals surface area contributed by atoms with Crippen LogP contribution in [-0.4, -0.2) is 26.8 Å². The van der Waals surface area contributed by atoms with Crippen LogP contribution in [0.2, 0.25) is 0 Å². The van der Waals surface area contributed by atoms with Crippen LogP contribution in [0, 0.1) is 7.05 Å². The van der Waals surface area contributed by atoms with Crippen LogP contribution in [0.25, 0.3) is 0 Å². The molecule has 88 valence electrons. The van der Waals surface area contributed by atoms with Crippen molar-refractivity contribution in [3.63, 3.8) is 0 Å². The molecule has 2 rings (SSSR count). The molecule has 0 radical (unpaired) electrons. The van der Waals surface area contributed by atoms with E-state index in [1.165, 1.54) is 21.7 Å². The van der Waals surface area contributed by atoms with Crippen LogP contribution >= 0.6 is 0 Å². The van der Waals surface area contributed by atoms with E-state index in [1.807, 2.05) is 0 Å². The van der Waals surface area contributed by atoms with Crippen molar-refractivity contribution in [2.75, 3.05) is 26.8 Å². The lowest BCUT2D eigenvalue weighted by molar-refractivity contribution is -0.775. The fourth-order valence-corrected chi connectivity index (χ4v) is 2.23. The third-order valence-corrected chi connectivity index (χ3v) is 3.13. The second-order valence-electron chi connectivity index (χ2n) is 4.22. The minimum atomic E-state index is 0.766. The van der Waals surface area contributed by atoms with E-state index >= 15 is 0 Å². The molecule has 0 saturated heterocycles. The van der Waals surface area contributed by atoms with Crippen LogP contribution in [0.5, 0.6) is 0 Å². The molecule has 2 N–H and O–H groups in total. The van der Waals surface area contributed by atoms with Gasteiger partial charge in [-0.3, -0.25) is 0 Å². The zero-order valence-corrected chi connectivity index (χ0v) is 9.88. The van der Waals surface area contributed by atoms with Gasteiger partial charge in [0.25, 0.3) is 0 Å². The molecule has 0 fully saturated rings. The van der Waals surface area contributed by atoms with E-state index in [4.69, 9.17) is 4.74 Å². The summed E-state index contributed by atoms with van der Waals surface area (Å²) in [6.07, 6.45) is 1.15. The Morgan fingerprint density at radius 1 is 1.50 bits per heavy atom. The number of methoxy groups -OCH3 is 1. The molecular weight excluding hydrogens is 200 g/mol. The minimum Gasteiger partial charge on any atom is -0.434 e. The molecule has 1 unspecified atom stereocenters. The number of quaternary nitrogens is 1. The summed E-state index contributed by atoms with van der Waals surface area (Å²) in [6.45, 7) is 3.72. The van der Waals surface area contributed by atoms with E-state index < -0.39 is 0 Å². The van der Waals surface area contributed by atoms with E-state index in [0.29, 0.717) is 0 Å². The fourth-order valence-electron chi connectivity index (χ4n) is 2.23. The van der Waals surface area contributed by atoms with Crippen molar-refractivity contribution in [3.8, 4) is 0 Å². The highest BCUT2D eigenvalue weighted by Gasteiger charge is 2.19. The third kappa shape index (κ3) is 2.43. The lowest BCUT2D eigenvalue weighted by atomic mass is 10.1. The Morgan fingerprint density at radius 2 is 2.38 bits per heavy atom. The molecule has 0 amide bonds. The van der Waals surface area contributed by atoms with Crippen molar-refractivity contribution in [1.29, 1.82) is 0 Å². The maximum atomic E-state index is 5.01. The quantitative estimate of drug-likeness (QED) is 0.551. The Kier molecular flexibility index (Phi) is 3.93. The van der Waals surface area contributed by atoms with Crippen LogP contribution < -0.4 is 10.2 Å². The average molecular weight is 220 g/mol. The molecule has 3 heteroatoms. The smallest absolute Gasteiger partial charge is 0.108 e. The van der Waals surface area contributed by atoms with Gasteiger partial charge in [-0.25, -0.2) is 0 Å². The first-order valence-electron chi connectivity index (χ1n) is 5.81. The fraction of sp³-hybridized carbons (Fsp3) is 0.462. The normalized spacial score (nSPS) is 18.8. The predicted molar refractivity (Wildman–Crippen MR) is 64.6 cm³/mol. The molecule has 0 bridgehead atoms. The van der Waals surface area contributed by atoms with E-state index in [9.17, 15) is 0 Å². The Labute approximate surface area is 97.4 Å². The van der Waals surface area contributed by atoms with Crippen LogP contribution in [-0.2, 0) is 17.7 Å². The standard InChI is InChI=1S/C13H20N2O/c1-15-8-6-12-11(4-3-5-13(12)15)10-14-7-9-16-2/h3-5,14-15H,1,6-10H2,2H3. The van der Waals surface area contributed by atoms with Crippen LogP contribution in [0.3, 0.4) is 0 Å². The molecule has 1 heterocycles. The number of ether oxygens (including phenoxy) is 1. The molecule has 1 aromatic carbocycles. The number of fused-ring (bicyclic) bond motifs is 1. The summed E-state index contributed by atoms with van der Waals surface area (Å²) < 4.78 is 5.01. The van der Waals surface area contributed by atoms with Gasteiger partial charge in [-0.1, -0.05) is 12.1 Å². The first-order valence-corrected chi connectivity index (χ1v) is 5.81. The summed E-state index contributed by atoms with van der Waals surface area (Å²) in [4.78, 5) is 1.29. The predicted octanol–water partition coefficient (Wildman–Crippen LogP) is 0.287. The first-order chi connectivity index (χ1) is 7.83. The molecule has 0 aromatic heterocycles. The Hall–Kier alpha value is -0.900. The summed E-state index contributed by atoms with van der Waals surface area (Å²) in [5, 5.41) is 3.39. The Balaban J connectivity index is 2.00. The van der Waals surface area contributed by atoms with Gasteiger partial charge in [0.15, 0.2) is 0 Å². The molecule has 1 atom stereocenters. The van der Waals surface area contributed by atoms with Crippen molar-refractivity contribution >= 4 is 5.69 Å². The summed E-state index contributed by atoms with van der Waals surface area (Å²) in [6, 6.07) is 6.52. The van der Waals surface area contributed by atoms with Crippen LogP contribution in [0.15, 0.2) is 18.2 Å². The molecule has 1 aliphatic rings. The van der Waals surface area contributed by atoms with Crippen molar-refractivity contribution in [3.05, 3.63) is 36.4 Å². The highest BCUT2D eigenvalue weighted by atomic mass is 16.5. The molecule has 0 saturated carbocycles. The zero-order chi connectivity index (χ0) is 11.4. The third-order valence-electron chi connectivity index (χ3n) is 3.13. The monoisotopic (exact) mass is 220 g/mol. The minimum absolute atomic E-state index is 0.766. The van der Waals surface area contributed by atoms with Gasteiger partial charge in [-0.2, -0.15) is 0 Å². The van der Waals surface area contributed by atoms with Gasteiger partial charge >= 0.3 is 0 Å². The van der Waals surface area contributed by atoms with Crippen LogP contribution in [0.4, 0.5) is 5.69 Å². The number of hydrogen-bond donors (Lipinski definition) is 2. The molecule has 16 heavy (non-hydrogen) atoms. The molecular formula is C13H20N2O. The van der Waals surface area contributed by atoms with Gasteiger partial charge < -0.3 is 15.0 Å². The molecule has 1 aromatic rings. The average Bonchev–Trinajstić information content (AvgIpc) is 2.68. The Morgan fingerprint density at radius 3 is 3.19 bits per heavy atom. The van der Waals surface area contributed by atoms with Gasteiger partial charge in [-0.15, -0.1) is 7.05 Å². The highest BCUT2D eigenvalue weighted by Crippen LogP contribution is 2.20. The van der Waals surface area contributed by atoms with Crippen molar-refractivity contribution in [2.24, 2.45) is 0 Å². The number of nitrogens with one attached hydrogen (secondary N) is 2. The Bertz CT molecular complexity index is 352. The lowest BCUT2D eigenvalue weighted by Crippen LogP contribution is -3.00. The maximum Gasteiger partial charge on any atom is 0.108 e. The van der Waals surface area contributed by atoms with Gasteiger partial charge in [0, 0.05) is 32.2 Å². The second kappa shape index (κ2) is 5.43. The molecule has 1 aliphatic heterocycles. The van der Waals surface area contributed by atoms with Gasteiger partial charge in [-0.05, 0) is 11.6 Å². The van der Waals surface area contributed by atoms with E-state index in [2.05, 4.69) is 30.6 Å².